The number of nitrogens with two attached hydrogens (primary N) is 1. The summed E-state index contributed by atoms with van der Waals surface area (Å²) < 4.78 is 22.4. The third-order valence-electron chi connectivity index (χ3n) is 3.80. The van der Waals surface area contributed by atoms with Gasteiger partial charge in [-0.25, -0.2) is 13.6 Å². The lowest BCUT2D eigenvalue weighted by atomic mass is 9.94. The average molecular weight is 296 g/mol. The molecular formula is C14H20N2O3S. The molecule has 5 nitrogen and oxygen atoms in total. The highest BCUT2D eigenvalue weighted by atomic mass is 32.2. The first-order valence-electron chi connectivity index (χ1n) is 6.83. The van der Waals surface area contributed by atoms with E-state index in [0.29, 0.717) is 12.6 Å². The van der Waals surface area contributed by atoms with Crippen LogP contribution in [0.15, 0.2) is 29.2 Å². The summed E-state index contributed by atoms with van der Waals surface area (Å²) >= 11 is 0. The molecule has 1 aromatic carbocycles. The largest absolute Gasteiger partial charge is 0.338 e. The van der Waals surface area contributed by atoms with Crippen molar-refractivity contribution in [3.8, 4) is 0 Å². The lowest BCUT2D eigenvalue weighted by molar-refractivity contribution is -0.121. The zero-order chi connectivity index (χ0) is 14.6. The maximum absolute atomic E-state index is 11.2. The summed E-state index contributed by atoms with van der Waals surface area (Å²) in [4.78, 5) is 13.1. The number of carbonyl (C=O) groups excluding carboxylic acids is 1. The lowest BCUT2D eigenvalue weighted by Crippen LogP contribution is -2.35. The SMILES string of the molecule is NS(=O)(=O)c1ccc(CN(C=O)C2CCCCC2)cc1. The molecule has 20 heavy (non-hydrogen) atoms. The van der Waals surface area contributed by atoms with E-state index < -0.39 is 10.0 Å². The van der Waals surface area contributed by atoms with Crippen molar-refractivity contribution in [2.75, 3.05) is 0 Å². The van der Waals surface area contributed by atoms with Gasteiger partial charge in [0.25, 0.3) is 0 Å². The molecule has 0 aromatic heterocycles. The maximum atomic E-state index is 11.2. The van der Waals surface area contributed by atoms with Gasteiger partial charge in [0, 0.05) is 12.6 Å². The van der Waals surface area contributed by atoms with E-state index in [1.54, 1.807) is 12.1 Å². The van der Waals surface area contributed by atoms with Crippen LogP contribution in [-0.4, -0.2) is 25.8 Å². The molecule has 0 heterocycles. The summed E-state index contributed by atoms with van der Waals surface area (Å²) in [6.45, 7) is 0.513. The van der Waals surface area contributed by atoms with Crippen molar-refractivity contribution < 1.29 is 13.2 Å². The van der Waals surface area contributed by atoms with Crippen LogP contribution in [-0.2, 0) is 21.4 Å². The fraction of sp³-hybridized carbons (Fsp3) is 0.500. The van der Waals surface area contributed by atoms with Gasteiger partial charge in [0.1, 0.15) is 0 Å². The average Bonchev–Trinajstić information content (AvgIpc) is 2.45. The molecule has 0 saturated heterocycles. The minimum atomic E-state index is -3.66. The topological polar surface area (TPSA) is 80.5 Å². The first kappa shape index (κ1) is 15.0. The van der Waals surface area contributed by atoms with Crippen molar-refractivity contribution in [1.82, 2.24) is 4.90 Å². The minimum Gasteiger partial charge on any atom is -0.338 e. The molecule has 2 rings (SSSR count). The molecule has 110 valence electrons. The Kier molecular flexibility index (Phi) is 4.77. The Balaban J connectivity index is 2.05. The molecule has 0 aliphatic heterocycles. The molecule has 1 amide bonds. The van der Waals surface area contributed by atoms with E-state index in [0.717, 1.165) is 24.8 Å². The Labute approximate surface area is 119 Å². The number of benzene rings is 1. The number of nitrogens with zero attached hydrogens (tertiary/aromatic N) is 1. The maximum Gasteiger partial charge on any atom is 0.238 e. The highest BCUT2D eigenvalue weighted by Crippen LogP contribution is 2.23. The molecule has 1 aliphatic carbocycles. The van der Waals surface area contributed by atoms with E-state index in [4.69, 9.17) is 5.14 Å². The third kappa shape index (κ3) is 3.80. The van der Waals surface area contributed by atoms with Gasteiger partial charge < -0.3 is 4.90 Å². The first-order valence-corrected chi connectivity index (χ1v) is 8.38. The Bertz CT molecular complexity index is 548. The van der Waals surface area contributed by atoms with E-state index >= 15 is 0 Å². The zero-order valence-electron chi connectivity index (χ0n) is 11.4. The molecule has 0 unspecified atom stereocenters. The number of carbonyl (C=O) groups is 1. The van der Waals surface area contributed by atoms with Gasteiger partial charge in [0.15, 0.2) is 0 Å². The Morgan fingerprint density at radius 3 is 2.25 bits per heavy atom. The van der Waals surface area contributed by atoms with Gasteiger partial charge in [-0.15, -0.1) is 0 Å². The molecule has 6 heteroatoms. The number of hydrogen-bond donors (Lipinski definition) is 1. The normalized spacial score (nSPS) is 16.9. The summed E-state index contributed by atoms with van der Waals surface area (Å²) in [5.74, 6) is 0. The van der Waals surface area contributed by atoms with Crippen molar-refractivity contribution in [2.45, 2.75) is 49.6 Å². The molecule has 1 saturated carbocycles. The van der Waals surface area contributed by atoms with Crippen LogP contribution in [0.4, 0.5) is 0 Å². The number of rotatable bonds is 5. The predicted octanol–water partition coefficient (Wildman–Crippen LogP) is 1.63. The molecule has 2 N–H and O–H groups in total. The molecule has 0 atom stereocenters. The van der Waals surface area contributed by atoms with Crippen LogP contribution in [0.1, 0.15) is 37.7 Å². The van der Waals surface area contributed by atoms with E-state index in [1.807, 2.05) is 4.90 Å². The van der Waals surface area contributed by atoms with Crippen molar-refractivity contribution in [3.63, 3.8) is 0 Å². The van der Waals surface area contributed by atoms with Crippen LogP contribution in [0, 0.1) is 0 Å². The minimum absolute atomic E-state index is 0.0940. The van der Waals surface area contributed by atoms with Gasteiger partial charge in [-0.3, -0.25) is 4.79 Å². The van der Waals surface area contributed by atoms with Crippen LogP contribution in [0.3, 0.4) is 0 Å². The van der Waals surface area contributed by atoms with E-state index in [2.05, 4.69) is 0 Å². The fourth-order valence-electron chi connectivity index (χ4n) is 2.66. The third-order valence-corrected chi connectivity index (χ3v) is 4.73. The number of hydrogen-bond acceptors (Lipinski definition) is 3. The second-order valence-corrected chi connectivity index (χ2v) is 6.82. The summed E-state index contributed by atoms with van der Waals surface area (Å²) in [5, 5.41) is 5.06. The van der Waals surface area contributed by atoms with Crippen LogP contribution in [0.25, 0.3) is 0 Å². The fourth-order valence-corrected chi connectivity index (χ4v) is 3.18. The van der Waals surface area contributed by atoms with Gasteiger partial charge >= 0.3 is 0 Å². The monoisotopic (exact) mass is 296 g/mol. The van der Waals surface area contributed by atoms with Gasteiger partial charge in [0.05, 0.1) is 4.90 Å². The predicted molar refractivity (Wildman–Crippen MR) is 76.3 cm³/mol. The smallest absolute Gasteiger partial charge is 0.238 e. The molecular weight excluding hydrogens is 276 g/mol. The molecule has 1 aliphatic rings. The molecule has 0 spiro atoms. The molecule has 0 radical (unpaired) electrons. The van der Waals surface area contributed by atoms with Crippen molar-refractivity contribution in [1.29, 1.82) is 0 Å². The first-order chi connectivity index (χ1) is 9.50. The second kappa shape index (κ2) is 6.37. The van der Waals surface area contributed by atoms with Crippen LogP contribution < -0.4 is 5.14 Å². The zero-order valence-corrected chi connectivity index (χ0v) is 12.2. The van der Waals surface area contributed by atoms with Crippen LogP contribution in [0.2, 0.25) is 0 Å². The van der Waals surface area contributed by atoms with Crippen molar-refractivity contribution >= 4 is 16.4 Å². The quantitative estimate of drug-likeness (QED) is 0.838. The summed E-state index contributed by atoms with van der Waals surface area (Å²) in [6, 6.07) is 6.68. The van der Waals surface area contributed by atoms with Gasteiger partial charge in [-0.1, -0.05) is 31.4 Å². The molecule has 1 fully saturated rings. The highest BCUT2D eigenvalue weighted by molar-refractivity contribution is 7.89. The van der Waals surface area contributed by atoms with Crippen LogP contribution in [0.5, 0.6) is 0 Å². The molecule has 0 bridgehead atoms. The van der Waals surface area contributed by atoms with Gasteiger partial charge in [-0.05, 0) is 30.5 Å². The van der Waals surface area contributed by atoms with E-state index in [-0.39, 0.29) is 4.90 Å². The van der Waals surface area contributed by atoms with Crippen molar-refractivity contribution in [2.24, 2.45) is 5.14 Å². The number of primary sulfonamides is 1. The number of sulfonamides is 1. The van der Waals surface area contributed by atoms with Gasteiger partial charge in [-0.2, -0.15) is 0 Å². The second-order valence-electron chi connectivity index (χ2n) is 5.26. The van der Waals surface area contributed by atoms with Crippen molar-refractivity contribution in [3.05, 3.63) is 29.8 Å². The van der Waals surface area contributed by atoms with E-state index in [1.165, 1.54) is 31.4 Å². The van der Waals surface area contributed by atoms with E-state index in [9.17, 15) is 13.2 Å². The van der Waals surface area contributed by atoms with Crippen LogP contribution >= 0.6 is 0 Å². The Hall–Kier alpha value is -1.40. The Morgan fingerprint density at radius 1 is 1.15 bits per heavy atom. The lowest BCUT2D eigenvalue weighted by Gasteiger charge is -2.31. The summed E-state index contributed by atoms with van der Waals surface area (Å²) in [7, 11) is -3.66. The summed E-state index contributed by atoms with van der Waals surface area (Å²) in [6.07, 6.45) is 6.57. The Morgan fingerprint density at radius 2 is 1.75 bits per heavy atom. The standard InChI is InChI=1S/C14H20N2O3S/c15-20(18,19)14-8-6-12(7-9-14)10-16(11-17)13-4-2-1-3-5-13/h6-9,11,13H,1-5,10H2,(H2,15,18,19). The number of amides is 1. The summed E-state index contributed by atoms with van der Waals surface area (Å²) in [5.41, 5.74) is 0.912. The van der Waals surface area contributed by atoms with Gasteiger partial charge in [0.2, 0.25) is 16.4 Å². The highest BCUT2D eigenvalue weighted by Gasteiger charge is 2.20. The molecule has 1 aromatic rings.